The number of ether oxygens (including phenoxy) is 1. The Morgan fingerprint density at radius 1 is 0.827 bits per heavy atom. The molecule has 52 heavy (non-hydrogen) atoms. The molecule has 3 fully saturated rings. The van der Waals surface area contributed by atoms with Gasteiger partial charge in [-0.05, 0) is 48.6 Å². The lowest BCUT2D eigenvalue weighted by Gasteiger charge is -2.50. The molecule has 2 heterocycles. The lowest BCUT2D eigenvalue weighted by molar-refractivity contribution is -0.384. The van der Waals surface area contributed by atoms with Gasteiger partial charge in [-0.15, -0.1) is 23.2 Å². The van der Waals surface area contributed by atoms with E-state index in [4.69, 9.17) is 33.0 Å². The molecule has 0 aromatic heterocycles. The van der Waals surface area contributed by atoms with Crippen LogP contribution in [0, 0.1) is 57.0 Å². The van der Waals surface area contributed by atoms with Gasteiger partial charge >= 0.3 is 0 Å². The first-order valence-corrected chi connectivity index (χ1v) is 16.3. The Morgan fingerprint density at radius 2 is 1.42 bits per heavy atom. The average molecular weight is 766 g/mol. The van der Waals surface area contributed by atoms with E-state index in [0.29, 0.717) is 0 Å². The smallest absolute Gasteiger partial charge is 0.269 e. The molecular weight excluding hydrogens is 744 g/mol. The van der Waals surface area contributed by atoms with Crippen LogP contribution in [0.15, 0.2) is 60.2 Å². The van der Waals surface area contributed by atoms with Gasteiger partial charge in [-0.25, -0.2) is 26.9 Å². The van der Waals surface area contributed by atoms with E-state index in [9.17, 15) is 42.5 Å². The third-order valence-corrected chi connectivity index (χ3v) is 11.5. The standard InChI is InChI=1S/C34H22Cl2F5N3O8/c35-33-13-20-18(9-10-19-21(20)30(47)42(29(19)46)15-3-5-16(6-4-15)44(50)51)22(14-1-7-17(8-2-14)52-12-11-45)34(33,36)32(49)43(31(33)48)28-26(40)24(38)23(37)25(39)27(28)41/h1-9,19-22,45H,10-13H2/t19-,20+,21-,22-,33+,34-/m0/s1. The number of aliphatic hydroxyl groups excluding tert-OH is 1. The molecule has 2 saturated heterocycles. The van der Waals surface area contributed by atoms with Gasteiger partial charge in [0.05, 0.1) is 29.1 Å². The van der Waals surface area contributed by atoms with Gasteiger partial charge in [0, 0.05) is 18.1 Å². The molecule has 4 aliphatic rings. The molecule has 0 radical (unpaired) electrons. The second kappa shape index (κ2) is 12.3. The normalized spacial score (nSPS) is 28.1. The summed E-state index contributed by atoms with van der Waals surface area (Å²) in [5, 5.41) is 20.3. The number of amides is 4. The molecule has 7 rings (SSSR count). The van der Waals surface area contributed by atoms with Gasteiger partial charge in [0.15, 0.2) is 33.0 Å². The summed E-state index contributed by atoms with van der Waals surface area (Å²) in [7, 11) is 0. The molecule has 2 aliphatic carbocycles. The highest BCUT2D eigenvalue weighted by molar-refractivity contribution is 6.58. The SMILES string of the molecule is O=C1[C@H]2[C@H](CC=C3[C@H]2C[C@@]2(Cl)C(=O)N(c4c(F)c(F)c(F)c(F)c4F)C(=O)[C@@]2(Cl)[C@H]3c2ccc(OCCO)cc2)C(=O)N1c1ccc([N+](=O)[O-])cc1. The lowest BCUT2D eigenvalue weighted by Crippen LogP contribution is -2.60. The van der Waals surface area contributed by atoms with Gasteiger partial charge in [0.25, 0.3) is 17.5 Å². The number of hydrogen-bond acceptors (Lipinski definition) is 8. The van der Waals surface area contributed by atoms with Crippen LogP contribution in [0.3, 0.4) is 0 Å². The van der Waals surface area contributed by atoms with E-state index in [1.165, 1.54) is 42.5 Å². The molecule has 18 heteroatoms. The topological polar surface area (TPSA) is 147 Å². The number of halogens is 7. The van der Waals surface area contributed by atoms with Crippen LogP contribution in [0.2, 0.25) is 0 Å². The van der Waals surface area contributed by atoms with Crippen molar-refractivity contribution < 1.29 is 55.9 Å². The summed E-state index contributed by atoms with van der Waals surface area (Å²) in [6.45, 7) is -0.413. The van der Waals surface area contributed by atoms with E-state index in [0.717, 1.165) is 17.0 Å². The van der Waals surface area contributed by atoms with Crippen molar-refractivity contribution in [3.63, 3.8) is 0 Å². The van der Waals surface area contributed by atoms with Crippen molar-refractivity contribution in [2.45, 2.75) is 28.5 Å². The highest BCUT2D eigenvalue weighted by Crippen LogP contribution is 2.66. The molecule has 6 atom stereocenters. The third-order valence-electron chi connectivity index (χ3n) is 10.1. The fourth-order valence-electron chi connectivity index (χ4n) is 7.84. The third kappa shape index (κ3) is 4.73. The van der Waals surface area contributed by atoms with Crippen LogP contribution in [-0.4, -0.2) is 56.6 Å². The number of nitrogens with zero attached hydrogens (tertiary/aromatic N) is 3. The molecule has 270 valence electrons. The number of rotatable bonds is 7. The summed E-state index contributed by atoms with van der Waals surface area (Å²) in [6, 6.07) is 10.3. The zero-order valence-electron chi connectivity index (χ0n) is 26.1. The Kier molecular flexibility index (Phi) is 8.42. The summed E-state index contributed by atoms with van der Waals surface area (Å²) >= 11 is 14.2. The Morgan fingerprint density at radius 3 is 2.00 bits per heavy atom. The van der Waals surface area contributed by atoms with Crippen molar-refractivity contribution in [1.82, 2.24) is 0 Å². The van der Waals surface area contributed by atoms with Gasteiger partial charge in [-0.1, -0.05) is 23.8 Å². The summed E-state index contributed by atoms with van der Waals surface area (Å²) in [5.74, 6) is -21.8. The van der Waals surface area contributed by atoms with Crippen LogP contribution in [-0.2, 0) is 19.2 Å². The minimum atomic E-state index is -2.70. The molecule has 1 saturated carbocycles. The number of non-ortho nitro benzene ring substituents is 1. The zero-order chi connectivity index (χ0) is 37.6. The van der Waals surface area contributed by atoms with Crippen LogP contribution < -0.4 is 14.5 Å². The fraction of sp³-hybridized carbons (Fsp3) is 0.294. The first-order valence-electron chi connectivity index (χ1n) is 15.5. The first-order chi connectivity index (χ1) is 24.6. The number of nitro groups is 1. The Bertz CT molecular complexity index is 2110. The number of carbonyl (C=O) groups is 4. The van der Waals surface area contributed by atoms with Gasteiger partial charge in [-0.2, -0.15) is 0 Å². The number of anilines is 2. The first kappa shape index (κ1) is 35.5. The number of imide groups is 2. The van der Waals surface area contributed by atoms with Crippen molar-refractivity contribution in [3.8, 4) is 5.75 Å². The zero-order valence-corrected chi connectivity index (χ0v) is 27.6. The fourth-order valence-corrected chi connectivity index (χ4v) is 8.77. The summed E-state index contributed by atoms with van der Waals surface area (Å²) in [4.78, 5) is 62.3. The van der Waals surface area contributed by atoms with E-state index >= 15 is 8.78 Å². The predicted molar refractivity (Wildman–Crippen MR) is 171 cm³/mol. The number of benzene rings is 3. The molecule has 4 amide bonds. The maximum atomic E-state index is 15.2. The van der Waals surface area contributed by atoms with Crippen LogP contribution in [0.4, 0.5) is 39.0 Å². The number of aliphatic hydroxyl groups is 1. The molecule has 2 aliphatic heterocycles. The van der Waals surface area contributed by atoms with Gasteiger partial charge in [-0.3, -0.25) is 34.2 Å². The number of carbonyl (C=O) groups excluding carboxylic acids is 4. The van der Waals surface area contributed by atoms with Crippen molar-refractivity contribution >= 4 is 63.9 Å². The molecule has 3 aromatic carbocycles. The van der Waals surface area contributed by atoms with Gasteiger partial charge < -0.3 is 9.84 Å². The van der Waals surface area contributed by atoms with Crippen LogP contribution >= 0.6 is 23.2 Å². The molecule has 1 N–H and O–H groups in total. The number of hydrogen-bond donors (Lipinski definition) is 1. The van der Waals surface area contributed by atoms with Crippen molar-refractivity contribution in [2.75, 3.05) is 23.0 Å². The van der Waals surface area contributed by atoms with Crippen LogP contribution in [0.25, 0.3) is 0 Å². The van der Waals surface area contributed by atoms with Crippen molar-refractivity contribution in [3.05, 3.63) is 105 Å². The Labute approximate surface area is 299 Å². The Balaban J connectivity index is 1.38. The van der Waals surface area contributed by atoms with Crippen molar-refractivity contribution in [1.29, 1.82) is 0 Å². The molecule has 11 nitrogen and oxygen atoms in total. The van der Waals surface area contributed by atoms with E-state index in [1.54, 1.807) is 0 Å². The monoisotopic (exact) mass is 765 g/mol. The largest absolute Gasteiger partial charge is 0.491 e. The summed E-state index contributed by atoms with van der Waals surface area (Å²) < 4.78 is 78.7. The maximum Gasteiger partial charge on any atom is 0.269 e. The van der Waals surface area contributed by atoms with Crippen LogP contribution in [0.5, 0.6) is 5.75 Å². The minimum Gasteiger partial charge on any atom is -0.491 e. The minimum absolute atomic E-state index is 0.0132. The van der Waals surface area contributed by atoms with E-state index in [1.807, 2.05) is 0 Å². The number of allylic oxidation sites excluding steroid dienone is 2. The second-order valence-electron chi connectivity index (χ2n) is 12.6. The lowest BCUT2D eigenvalue weighted by atomic mass is 9.56. The van der Waals surface area contributed by atoms with E-state index in [2.05, 4.69) is 0 Å². The van der Waals surface area contributed by atoms with Crippen LogP contribution in [0.1, 0.15) is 24.3 Å². The highest BCUT2D eigenvalue weighted by atomic mass is 35.5. The molecule has 0 unspecified atom stereocenters. The van der Waals surface area contributed by atoms with E-state index < -0.39 is 103 Å². The van der Waals surface area contributed by atoms with Gasteiger partial charge in [0.1, 0.15) is 18.0 Å². The summed E-state index contributed by atoms with van der Waals surface area (Å²) in [6.07, 6.45) is 0.754. The number of nitro benzene ring substituents is 1. The number of alkyl halides is 2. The molecule has 0 bridgehead atoms. The summed E-state index contributed by atoms with van der Waals surface area (Å²) in [5.41, 5.74) is -1.78. The average Bonchev–Trinajstić information content (AvgIpc) is 3.47. The van der Waals surface area contributed by atoms with E-state index in [-0.39, 0.29) is 52.8 Å². The Hall–Kier alpha value is -4.93. The number of fused-ring (bicyclic) bond motifs is 4. The predicted octanol–water partition coefficient (Wildman–Crippen LogP) is 5.43. The maximum absolute atomic E-state index is 15.2. The molecule has 0 spiro atoms. The molecular formula is C34H22Cl2F5N3O8. The van der Waals surface area contributed by atoms with Gasteiger partial charge in [0.2, 0.25) is 17.6 Å². The van der Waals surface area contributed by atoms with Crippen molar-refractivity contribution in [2.24, 2.45) is 17.8 Å². The highest BCUT2D eigenvalue weighted by Gasteiger charge is 2.77. The molecule has 3 aromatic rings. The second-order valence-corrected chi connectivity index (χ2v) is 13.9. The quantitative estimate of drug-likeness (QED) is 0.0490.